The molecule has 0 aliphatic carbocycles. The fourth-order valence-electron chi connectivity index (χ4n) is 0.923. The van der Waals surface area contributed by atoms with Crippen LogP contribution >= 0.6 is 0 Å². The van der Waals surface area contributed by atoms with Crippen LogP contribution in [-0.2, 0) is 20.0 Å². The molecule has 1 rings (SSSR count). The Kier molecular flexibility index (Phi) is 2.41. The second kappa shape index (κ2) is 2.85. The molecule has 1 fully saturated rings. The predicted octanol–water partition coefficient (Wildman–Crippen LogP) is 0.163. The average molecular weight is 289 g/mol. The molecule has 1 aliphatic rings. The van der Waals surface area contributed by atoms with Crippen molar-refractivity contribution in [2.75, 3.05) is 0 Å². The Bertz CT molecular complexity index is 475. The second-order valence-corrected chi connectivity index (χ2v) is 6.83. The Balaban J connectivity index is 3.70. The number of alkyl halides is 5. The monoisotopic (exact) mass is 289 g/mol. The third kappa shape index (κ3) is 1.23. The van der Waals surface area contributed by atoms with Gasteiger partial charge in [-0.1, -0.05) is 4.13 Å². The Morgan fingerprint density at radius 3 is 1.31 bits per heavy atom. The van der Waals surface area contributed by atoms with Crippen LogP contribution in [0.2, 0.25) is 0 Å². The van der Waals surface area contributed by atoms with Crippen molar-refractivity contribution < 1.29 is 38.8 Å². The van der Waals surface area contributed by atoms with Crippen LogP contribution in [-0.4, -0.2) is 33.0 Å². The van der Waals surface area contributed by atoms with E-state index in [0.717, 1.165) is 0 Å². The molecule has 0 aromatic carbocycles. The van der Waals surface area contributed by atoms with Gasteiger partial charge >= 0.3 is 10.5 Å². The lowest BCUT2D eigenvalue weighted by molar-refractivity contribution is -0.165. The van der Waals surface area contributed by atoms with Crippen LogP contribution in [0.1, 0.15) is 6.92 Å². The smallest absolute Gasteiger partial charge is 0.228 e. The number of halogens is 5. The number of hydrogen-bond donors (Lipinski definition) is 1. The third-order valence-electron chi connectivity index (χ3n) is 1.99. The lowest BCUT2D eigenvalue weighted by Gasteiger charge is -2.38. The van der Waals surface area contributed by atoms with E-state index >= 15 is 0 Å². The molecule has 5 nitrogen and oxygen atoms in total. The first-order valence-corrected chi connectivity index (χ1v) is 6.39. The van der Waals surface area contributed by atoms with E-state index in [0.29, 0.717) is 0 Å². The topological polar surface area (TPSA) is 80.3 Å². The molecule has 1 saturated heterocycles. The molecule has 0 aromatic heterocycles. The van der Waals surface area contributed by atoms with E-state index in [1.54, 1.807) is 0 Å². The van der Waals surface area contributed by atoms with Crippen LogP contribution in [0, 0.1) is 0 Å². The summed E-state index contributed by atoms with van der Waals surface area (Å²) >= 11 is 0. The van der Waals surface area contributed by atoms with Crippen molar-refractivity contribution in [2.45, 2.75) is 23.1 Å². The number of nitrogens with one attached hydrogen (secondary N) is 1. The van der Waals surface area contributed by atoms with Crippen LogP contribution in [0.15, 0.2) is 0 Å². The molecule has 12 heteroatoms. The highest BCUT2D eigenvalue weighted by atomic mass is 32.3. The number of sulfonamides is 2. The molecule has 0 spiro atoms. The van der Waals surface area contributed by atoms with Crippen molar-refractivity contribution in [3.8, 4) is 0 Å². The molecular formula is C4H4F5NO4S2. The molecule has 1 aliphatic heterocycles. The molecular weight excluding hydrogens is 285 g/mol. The van der Waals surface area contributed by atoms with Crippen LogP contribution < -0.4 is 4.13 Å². The molecule has 1 heterocycles. The van der Waals surface area contributed by atoms with E-state index in [4.69, 9.17) is 0 Å². The van der Waals surface area contributed by atoms with E-state index in [1.807, 2.05) is 0 Å². The molecule has 0 unspecified atom stereocenters. The molecule has 1 N–H and O–H groups in total. The average Bonchev–Trinajstić information content (AvgIpc) is 1.98. The zero-order chi connectivity index (χ0) is 13.2. The van der Waals surface area contributed by atoms with Gasteiger partial charge in [-0.2, -0.15) is 17.6 Å². The summed E-state index contributed by atoms with van der Waals surface area (Å²) in [6.45, 7) is -0.497. The molecule has 0 amide bonds. The Labute approximate surface area is 86.7 Å². The highest BCUT2D eigenvalue weighted by Gasteiger charge is 2.82. The zero-order valence-electron chi connectivity index (χ0n) is 7.34. The summed E-state index contributed by atoms with van der Waals surface area (Å²) in [5, 5.41) is -11.1. The number of hydrogen-bond acceptors (Lipinski definition) is 4. The normalized spacial score (nSPS) is 33.1. The highest BCUT2D eigenvalue weighted by Crippen LogP contribution is 2.52. The molecule has 0 aromatic rings. The van der Waals surface area contributed by atoms with Crippen molar-refractivity contribution in [3.63, 3.8) is 0 Å². The SMILES string of the molecule is CC1(F)C(F)(F)S(=O)(=O)NS(=O)(=O)C1(F)F. The maximum Gasteiger partial charge on any atom is 0.400 e. The summed E-state index contributed by atoms with van der Waals surface area (Å²) in [5.74, 6) is 0. The van der Waals surface area contributed by atoms with Gasteiger partial charge in [0.25, 0.3) is 25.7 Å². The summed E-state index contributed by atoms with van der Waals surface area (Å²) in [6, 6.07) is 0. The number of rotatable bonds is 0. The molecule has 0 atom stereocenters. The second-order valence-electron chi connectivity index (χ2n) is 3.13. The summed E-state index contributed by atoms with van der Waals surface area (Å²) < 4.78 is 107. The molecule has 16 heavy (non-hydrogen) atoms. The van der Waals surface area contributed by atoms with Crippen molar-refractivity contribution in [1.82, 2.24) is 4.13 Å². The van der Waals surface area contributed by atoms with Gasteiger partial charge in [0.05, 0.1) is 0 Å². The Morgan fingerprint density at radius 2 is 1.06 bits per heavy atom. The summed E-state index contributed by atoms with van der Waals surface area (Å²) in [5.41, 5.74) is -5.07. The van der Waals surface area contributed by atoms with E-state index < -0.39 is 43.1 Å². The van der Waals surface area contributed by atoms with Gasteiger partial charge in [0, 0.05) is 0 Å². The van der Waals surface area contributed by atoms with Gasteiger partial charge in [-0.15, -0.1) is 0 Å². The van der Waals surface area contributed by atoms with E-state index in [-0.39, 0.29) is 4.13 Å². The minimum Gasteiger partial charge on any atom is -0.228 e. The Morgan fingerprint density at radius 1 is 0.812 bits per heavy atom. The van der Waals surface area contributed by atoms with Gasteiger partial charge in [-0.25, -0.2) is 21.2 Å². The maximum atomic E-state index is 13.1. The lowest BCUT2D eigenvalue weighted by Crippen LogP contribution is -2.71. The third-order valence-corrected chi connectivity index (χ3v) is 5.86. The fraction of sp³-hybridized carbons (Fsp3) is 1.00. The van der Waals surface area contributed by atoms with Crippen molar-refractivity contribution in [2.24, 2.45) is 0 Å². The first-order chi connectivity index (χ1) is 6.71. The van der Waals surface area contributed by atoms with Crippen LogP contribution in [0.5, 0.6) is 0 Å². The largest absolute Gasteiger partial charge is 0.400 e. The zero-order valence-corrected chi connectivity index (χ0v) is 8.97. The van der Waals surface area contributed by atoms with Gasteiger partial charge in [0.15, 0.2) is 0 Å². The van der Waals surface area contributed by atoms with Gasteiger partial charge in [-0.3, -0.25) is 0 Å². The first-order valence-electron chi connectivity index (χ1n) is 3.43. The Hall–Kier alpha value is -0.490. The van der Waals surface area contributed by atoms with Crippen molar-refractivity contribution in [1.29, 1.82) is 0 Å². The predicted molar refractivity (Wildman–Crippen MR) is 40.4 cm³/mol. The van der Waals surface area contributed by atoms with Gasteiger partial charge < -0.3 is 0 Å². The quantitative estimate of drug-likeness (QED) is 0.644. The molecule has 0 saturated carbocycles. The minimum absolute atomic E-state index is 0.0726. The van der Waals surface area contributed by atoms with E-state index in [2.05, 4.69) is 0 Å². The van der Waals surface area contributed by atoms with Crippen molar-refractivity contribution in [3.05, 3.63) is 0 Å². The van der Waals surface area contributed by atoms with Crippen LogP contribution in [0.3, 0.4) is 0 Å². The lowest BCUT2D eigenvalue weighted by atomic mass is 10.1. The van der Waals surface area contributed by atoms with Gasteiger partial charge in [0.2, 0.25) is 0 Å². The van der Waals surface area contributed by atoms with Crippen LogP contribution in [0.4, 0.5) is 22.0 Å². The van der Waals surface area contributed by atoms with Gasteiger partial charge in [-0.05, 0) is 6.92 Å². The van der Waals surface area contributed by atoms with E-state index in [9.17, 15) is 38.8 Å². The first kappa shape index (κ1) is 13.6. The maximum absolute atomic E-state index is 13.1. The highest BCUT2D eigenvalue weighted by molar-refractivity contribution is 8.06. The molecule has 96 valence electrons. The summed E-state index contributed by atoms with van der Waals surface area (Å²) in [4.78, 5) is 0. The summed E-state index contributed by atoms with van der Waals surface area (Å²) in [6.07, 6.45) is 0. The van der Waals surface area contributed by atoms with E-state index in [1.165, 1.54) is 0 Å². The minimum atomic E-state index is -6.07. The van der Waals surface area contributed by atoms with Crippen molar-refractivity contribution >= 4 is 20.0 Å². The fourth-order valence-corrected chi connectivity index (χ4v) is 4.25. The molecule has 0 radical (unpaired) electrons. The molecule has 0 bridgehead atoms. The standard InChI is InChI=1S/C4H4F5NO4S2/c1-2(5)3(6,7)15(11,12)10-16(13,14)4(2,8)9/h10H,1H3. The van der Waals surface area contributed by atoms with Crippen LogP contribution in [0.25, 0.3) is 0 Å². The van der Waals surface area contributed by atoms with Gasteiger partial charge in [0.1, 0.15) is 0 Å². The summed E-state index contributed by atoms with van der Waals surface area (Å²) in [7, 11) is -12.1.